The monoisotopic (exact) mass is 341 g/mol. The lowest BCUT2D eigenvalue weighted by molar-refractivity contribution is 0.0951. The third-order valence-corrected chi connectivity index (χ3v) is 4.23. The van der Waals surface area contributed by atoms with E-state index < -0.39 is 0 Å². The van der Waals surface area contributed by atoms with Gasteiger partial charge in [0.15, 0.2) is 0 Å². The number of rotatable bonds is 8. The van der Waals surface area contributed by atoms with E-state index in [4.69, 9.17) is 10.00 Å². The number of hydrogen-bond acceptors (Lipinski definition) is 5. The van der Waals surface area contributed by atoms with Crippen LogP contribution in [0.2, 0.25) is 0 Å². The quantitative estimate of drug-likeness (QED) is 0.747. The summed E-state index contributed by atoms with van der Waals surface area (Å²) in [6, 6.07) is 13.2. The van der Waals surface area contributed by atoms with Gasteiger partial charge in [0.05, 0.1) is 18.2 Å². The Balaban J connectivity index is 1.78. The van der Waals surface area contributed by atoms with Crippen LogP contribution >= 0.6 is 11.8 Å². The highest BCUT2D eigenvalue weighted by molar-refractivity contribution is 7.98. The van der Waals surface area contributed by atoms with Crippen LogP contribution in [-0.2, 0) is 5.75 Å². The van der Waals surface area contributed by atoms with Crippen LogP contribution in [0.4, 0.5) is 0 Å². The van der Waals surface area contributed by atoms with E-state index in [-0.39, 0.29) is 5.91 Å². The van der Waals surface area contributed by atoms with Crippen LogP contribution in [0.5, 0.6) is 5.88 Å². The summed E-state index contributed by atoms with van der Waals surface area (Å²) in [5, 5.41) is 11.9. The molecule has 0 radical (unpaired) electrons. The second-order valence-corrected chi connectivity index (χ2v) is 5.97. The third kappa shape index (κ3) is 5.00. The van der Waals surface area contributed by atoms with Crippen molar-refractivity contribution in [1.82, 2.24) is 10.3 Å². The summed E-state index contributed by atoms with van der Waals surface area (Å²) in [4.78, 5) is 16.3. The van der Waals surface area contributed by atoms with Gasteiger partial charge in [-0.05, 0) is 30.7 Å². The maximum Gasteiger partial charge on any atom is 0.256 e. The maximum absolute atomic E-state index is 12.2. The molecule has 2 rings (SSSR count). The standard InChI is InChI=1S/C18H19N3O2S/c1-2-23-18-16(8-5-9-21-18)17(22)20-10-11-24-13-15-7-4-3-6-14(15)12-19/h3-9H,2,10-11,13H2,1H3,(H,20,22). The molecule has 0 saturated heterocycles. The van der Waals surface area contributed by atoms with Crippen molar-refractivity contribution < 1.29 is 9.53 Å². The van der Waals surface area contributed by atoms with Gasteiger partial charge in [-0.25, -0.2) is 4.98 Å². The van der Waals surface area contributed by atoms with Gasteiger partial charge >= 0.3 is 0 Å². The Kier molecular flexibility index (Phi) is 7.12. The van der Waals surface area contributed by atoms with E-state index in [0.29, 0.717) is 30.2 Å². The minimum Gasteiger partial charge on any atom is -0.477 e. The van der Waals surface area contributed by atoms with Crippen LogP contribution in [0.1, 0.15) is 28.4 Å². The fourth-order valence-corrected chi connectivity index (χ4v) is 2.95. The molecule has 1 aromatic heterocycles. The molecule has 0 fully saturated rings. The number of thioether (sulfide) groups is 1. The number of pyridine rings is 1. The van der Waals surface area contributed by atoms with Crippen LogP contribution < -0.4 is 10.1 Å². The topological polar surface area (TPSA) is 75.0 Å². The number of aromatic nitrogens is 1. The van der Waals surface area contributed by atoms with E-state index in [0.717, 1.165) is 17.1 Å². The molecule has 124 valence electrons. The van der Waals surface area contributed by atoms with Gasteiger partial charge < -0.3 is 10.1 Å². The fourth-order valence-electron chi connectivity index (χ4n) is 2.08. The summed E-state index contributed by atoms with van der Waals surface area (Å²) in [6.45, 7) is 2.86. The molecule has 5 nitrogen and oxygen atoms in total. The lowest BCUT2D eigenvalue weighted by Crippen LogP contribution is -2.26. The molecule has 1 heterocycles. The van der Waals surface area contributed by atoms with Crippen molar-refractivity contribution in [1.29, 1.82) is 5.26 Å². The SMILES string of the molecule is CCOc1ncccc1C(=O)NCCSCc1ccccc1C#N. The molecule has 0 atom stereocenters. The van der Waals surface area contributed by atoms with Gasteiger partial charge in [-0.15, -0.1) is 0 Å². The lowest BCUT2D eigenvalue weighted by Gasteiger charge is -2.09. The molecule has 0 aliphatic carbocycles. The number of benzene rings is 1. The first kappa shape index (κ1) is 17.8. The van der Waals surface area contributed by atoms with Crippen molar-refractivity contribution in [2.24, 2.45) is 0 Å². The Morgan fingerprint density at radius 3 is 2.96 bits per heavy atom. The van der Waals surface area contributed by atoms with Crippen molar-refractivity contribution in [2.45, 2.75) is 12.7 Å². The molecule has 0 saturated carbocycles. The Bertz CT molecular complexity index is 728. The van der Waals surface area contributed by atoms with E-state index >= 15 is 0 Å². The molecule has 6 heteroatoms. The van der Waals surface area contributed by atoms with Gasteiger partial charge in [-0.3, -0.25) is 4.79 Å². The summed E-state index contributed by atoms with van der Waals surface area (Å²) < 4.78 is 5.36. The molecule has 0 bridgehead atoms. The number of nitriles is 1. The van der Waals surface area contributed by atoms with Crippen LogP contribution in [0.15, 0.2) is 42.6 Å². The van der Waals surface area contributed by atoms with Gasteiger partial charge in [0, 0.05) is 24.2 Å². The van der Waals surface area contributed by atoms with Crippen molar-refractivity contribution in [3.63, 3.8) is 0 Å². The van der Waals surface area contributed by atoms with Crippen molar-refractivity contribution >= 4 is 17.7 Å². The molecule has 1 N–H and O–H groups in total. The van der Waals surface area contributed by atoms with Crippen LogP contribution in [0.3, 0.4) is 0 Å². The van der Waals surface area contributed by atoms with E-state index in [1.807, 2.05) is 31.2 Å². The number of nitrogens with zero attached hydrogens (tertiary/aromatic N) is 2. The predicted molar refractivity (Wildman–Crippen MR) is 95.1 cm³/mol. The smallest absolute Gasteiger partial charge is 0.256 e. The Labute approximate surface area is 146 Å². The number of carbonyl (C=O) groups excluding carboxylic acids is 1. The summed E-state index contributed by atoms with van der Waals surface area (Å²) in [6.07, 6.45) is 1.60. The van der Waals surface area contributed by atoms with E-state index in [9.17, 15) is 4.79 Å². The summed E-state index contributed by atoms with van der Waals surface area (Å²) in [7, 11) is 0. The molecule has 1 aromatic carbocycles. The molecule has 2 aromatic rings. The zero-order chi connectivity index (χ0) is 17.2. The molecule has 0 unspecified atom stereocenters. The first-order valence-corrected chi connectivity index (χ1v) is 8.83. The number of amides is 1. The number of ether oxygens (including phenoxy) is 1. The Hall–Kier alpha value is -2.52. The predicted octanol–water partition coefficient (Wildman–Crippen LogP) is 3.02. The summed E-state index contributed by atoms with van der Waals surface area (Å²) >= 11 is 1.67. The Morgan fingerprint density at radius 1 is 1.33 bits per heavy atom. The molecular formula is C18H19N3O2S. The second kappa shape index (κ2) is 9.58. The van der Waals surface area contributed by atoms with Gasteiger partial charge in [-0.1, -0.05) is 18.2 Å². The van der Waals surface area contributed by atoms with Crippen LogP contribution in [-0.4, -0.2) is 29.8 Å². The molecule has 0 spiro atoms. The van der Waals surface area contributed by atoms with E-state index in [1.54, 1.807) is 30.1 Å². The lowest BCUT2D eigenvalue weighted by atomic mass is 10.1. The van der Waals surface area contributed by atoms with E-state index in [2.05, 4.69) is 16.4 Å². The van der Waals surface area contributed by atoms with Crippen molar-refractivity contribution in [2.75, 3.05) is 18.9 Å². The Morgan fingerprint density at radius 2 is 2.17 bits per heavy atom. The average Bonchev–Trinajstić information content (AvgIpc) is 2.62. The van der Waals surface area contributed by atoms with Crippen LogP contribution in [0, 0.1) is 11.3 Å². The van der Waals surface area contributed by atoms with Crippen molar-refractivity contribution in [3.05, 3.63) is 59.3 Å². The first-order valence-electron chi connectivity index (χ1n) is 7.68. The van der Waals surface area contributed by atoms with Gasteiger partial charge in [0.25, 0.3) is 5.91 Å². The average molecular weight is 341 g/mol. The maximum atomic E-state index is 12.2. The molecular weight excluding hydrogens is 322 g/mol. The zero-order valence-electron chi connectivity index (χ0n) is 13.5. The normalized spacial score (nSPS) is 10.0. The summed E-state index contributed by atoms with van der Waals surface area (Å²) in [5.74, 6) is 1.67. The summed E-state index contributed by atoms with van der Waals surface area (Å²) in [5.41, 5.74) is 2.16. The third-order valence-electron chi connectivity index (χ3n) is 3.22. The van der Waals surface area contributed by atoms with E-state index in [1.165, 1.54) is 0 Å². The minimum absolute atomic E-state index is 0.190. The molecule has 0 aliphatic heterocycles. The highest BCUT2D eigenvalue weighted by Crippen LogP contribution is 2.16. The largest absolute Gasteiger partial charge is 0.477 e. The molecule has 24 heavy (non-hydrogen) atoms. The first-order chi connectivity index (χ1) is 11.8. The van der Waals surface area contributed by atoms with Gasteiger partial charge in [0.1, 0.15) is 5.56 Å². The fraction of sp³-hybridized carbons (Fsp3) is 0.278. The molecule has 0 aliphatic rings. The zero-order valence-corrected chi connectivity index (χ0v) is 14.3. The van der Waals surface area contributed by atoms with Gasteiger partial charge in [-0.2, -0.15) is 17.0 Å². The van der Waals surface area contributed by atoms with Crippen molar-refractivity contribution in [3.8, 4) is 11.9 Å². The number of carbonyl (C=O) groups is 1. The highest BCUT2D eigenvalue weighted by atomic mass is 32.2. The number of hydrogen-bond donors (Lipinski definition) is 1. The second-order valence-electron chi connectivity index (χ2n) is 4.87. The molecule has 1 amide bonds. The number of nitrogens with one attached hydrogen (secondary N) is 1. The van der Waals surface area contributed by atoms with Crippen LogP contribution in [0.25, 0.3) is 0 Å². The van der Waals surface area contributed by atoms with Gasteiger partial charge in [0.2, 0.25) is 5.88 Å². The highest BCUT2D eigenvalue weighted by Gasteiger charge is 2.12. The minimum atomic E-state index is -0.190.